The van der Waals surface area contributed by atoms with Crippen molar-refractivity contribution in [2.45, 2.75) is 33.6 Å². The van der Waals surface area contributed by atoms with E-state index < -0.39 is 0 Å². The number of hydrogen-bond donors (Lipinski definition) is 0. The molecule has 0 aromatic rings. The summed E-state index contributed by atoms with van der Waals surface area (Å²) in [4.78, 5) is 0. The van der Waals surface area contributed by atoms with Crippen LogP contribution in [0.15, 0.2) is 30.3 Å². The van der Waals surface area contributed by atoms with Crippen LogP contribution in [-0.4, -0.2) is 0 Å². The Bertz CT molecular complexity index is 452. The van der Waals surface area contributed by atoms with Gasteiger partial charge in [-0.05, 0) is 47.6 Å². The largest absolute Gasteiger partial charge is 0.0587 e. The highest BCUT2D eigenvalue weighted by molar-refractivity contribution is 5.74. The van der Waals surface area contributed by atoms with Gasteiger partial charge in [0.1, 0.15) is 0 Å². The van der Waals surface area contributed by atoms with Crippen LogP contribution in [0, 0.1) is 13.8 Å². The molecule has 0 amide bonds. The first-order valence-corrected chi connectivity index (χ1v) is 5.59. The Morgan fingerprint density at radius 1 is 0.867 bits per heavy atom. The van der Waals surface area contributed by atoms with Gasteiger partial charge >= 0.3 is 0 Å². The van der Waals surface area contributed by atoms with Crippen molar-refractivity contribution in [2.75, 3.05) is 0 Å². The SMILES string of the molecule is Cc1ccc2cc(C(C)C)ccc(C)c1-2. The Kier molecular flexibility index (Phi) is 2.52. The van der Waals surface area contributed by atoms with Crippen molar-refractivity contribution >= 4 is 0 Å². The van der Waals surface area contributed by atoms with Gasteiger partial charge in [0.05, 0.1) is 0 Å². The highest BCUT2D eigenvalue weighted by Gasteiger charge is 2.09. The summed E-state index contributed by atoms with van der Waals surface area (Å²) in [6.07, 6.45) is 0. The molecule has 0 unspecified atom stereocenters. The average Bonchev–Trinajstić information content (AvgIpc) is 2.43. The first-order chi connectivity index (χ1) is 7.09. The van der Waals surface area contributed by atoms with Crippen LogP contribution in [0.3, 0.4) is 0 Å². The van der Waals surface area contributed by atoms with Crippen LogP contribution in [0.5, 0.6) is 0 Å². The van der Waals surface area contributed by atoms with E-state index in [0.29, 0.717) is 5.92 Å². The predicted octanol–water partition coefficient (Wildman–Crippen LogP) is 4.53. The molecule has 2 aliphatic carbocycles. The number of hydrogen-bond acceptors (Lipinski definition) is 0. The Hall–Kier alpha value is -1.30. The van der Waals surface area contributed by atoms with Crippen LogP contribution in [0.4, 0.5) is 0 Å². The molecule has 0 heterocycles. The molecule has 2 aliphatic rings. The lowest BCUT2D eigenvalue weighted by Crippen LogP contribution is -1.82. The van der Waals surface area contributed by atoms with Gasteiger partial charge in [-0.2, -0.15) is 0 Å². The lowest BCUT2D eigenvalue weighted by atomic mass is 10.0. The van der Waals surface area contributed by atoms with Gasteiger partial charge in [-0.3, -0.25) is 0 Å². The lowest BCUT2D eigenvalue weighted by molar-refractivity contribution is 0.869. The number of rotatable bonds is 1. The van der Waals surface area contributed by atoms with Crippen LogP contribution in [-0.2, 0) is 0 Å². The molecule has 0 atom stereocenters. The topological polar surface area (TPSA) is 0 Å². The fraction of sp³-hybridized carbons (Fsp3) is 0.333. The summed E-state index contributed by atoms with van der Waals surface area (Å²) in [5, 5.41) is 0. The quantitative estimate of drug-likeness (QED) is 0.631. The normalized spacial score (nSPS) is 11.3. The van der Waals surface area contributed by atoms with Crippen molar-refractivity contribution in [3.8, 4) is 11.1 Å². The zero-order chi connectivity index (χ0) is 11.0. The van der Waals surface area contributed by atoms with Crippen LogP contribution < -0.4 is 0 Å². The maximum Gasteiger partial charge on any atom is -0.0125 e. The molecule has 15 heavy (non-hydrogen) atoms. The van der Waals surface area contributed by atoms with Gasteiger partial charge in [0.15, 0.2) is 0 Å². The Labute approximate surface area is 92.3 Å². The standard InChI is InChI=1S/C15H18/c1-10(2)13-7-5-11(3)15-12(4)6-8-14(15)9-13/h5-10H,1-4H3. The minimum atomic E-state index is 0.593. The minimum Gasteiger partial charge on any atom is -0.0587 e. The van der Waals surface area contributed by atoms with E-state index in [1.54, 1.807) is 0 Å². The molecule has 0 aromatic carbocycles. The van der Waals surface area contributed by atoms with E-state index in [0.717, 1.165) is 0 Å². The summed E-state index contributed by atoms with van der Waals surface area (Å²) in [5.41, 5.74) is 6.96. The molecule has 0 N–H and O–H groups in total. The fourth-order valence-corrected chi connectivity index (χ4v) is 2.16. The van der Waals surface area contributed by atoms with E-state index in [4.69, 9.17) is 0 Å². The van der Waals surface area contributed by atoms with E-state index in [2.05, 4.69) is 58.0 Å². The van der Waals surface area contributed by atoms with E-state index >= 15 is 0 Å². The molecule has 0 nitrogen and oxygen atoms in total. The third kappa shape index (κ3) is 1.77. The van der Waals surface area contributed by atoms with E-state index in [-0.39, 0.29) is 0 Å². The molecule has 78 valence electrons. The third-order valence-corrected chi connectivity index (χ3v) is 3.10. The van der Waals surface area contributed by atoms with Gasteiger partial charge in [-0.15, -0.1) is 0 Å². The molecule has 0 aliphatic heterocycles. The summed E-state index contributed by atoms with van der Waals surface area (Å²) in [6, 6.07) is 11.2. The fourth-order valence-electron chi connectivity index (χ4n) is 2.16. The summed E-state index contributed by atoms with van der Waals surface area (Å²) in [6.45, 7) is 8.86. The van der Waals surface area contributed by atoms with Gasteiger partial charge < -0.3 is 0 Å². The van der Waals surface area contributed by atoms with Gasteiger partial charge in [0, 0.05) is 0 Å². The monoisotopic (exact) mass is 198 g/mol. The van der Waals surface area contributed by atoms with Gasteiger partial charge in [0.25, 0.3) is 0 Å². The van der Waals surface area contributed by atoms with Gasteiger partial charge in [-0.25, -0.2) is 0 Å². The molecular weight excluding hydrogens is 180 g/mol. The van der Waals surface area contributed by atoms with Gasteiger partial charge in [0.2, 0.25) is 0 Å². The summed E-state index contributed by atoms with van der Waals surface area (Å²) < 4.78 is 0. The maximum absolute atomic E-state index is 2.32. The third-order valence-electron chi connectivity index (χ3n) is 3.10. The maximum atomic E-state index is 2.32. The van der Waals surface area contributed by atoms with Crippen molar-refractivity contribution < 1.29 is 0 Å². The second-order valence-electron chi connectivity index (χ2n) is 4.66. The zero-order valence-electron chi connectivity index (χ0n) is 9.96. The second kappa shape index (κ2) is 3.69. The molecule has 0 heteroatoms. The summed E-state index contributed by atoms with van der Waals surface area (Å²) in [5.74, 6) is 0.593. The van der Waals surface area contributed by atoms with Crippen molar-refractivity contribution in [1.82, 2.24) is 0 Å². The van der Waals surface area contributed by atoms with Gasteiger partial charge in [-0.1, -0.05) is 44.2 Å². The zero-order valence-corrected chi connectivity index (χ0v) is 9.96. The Balaban J connectivity index is 2.69. The number of aryl methyl sites for hydroxylation is 2. The highest BCUT2D eigenvalue weighted by atomic mass is 14.1. The molecule has 2 rings (SSSR count). The van der Waals surface area contributed by atoms with E-state index in [9.17, 15) is 0 Å². The first kappa shape index (κ1) is 10.2. The summed E-state index contributed by atoms with van der Waals surface area (Å²) in [7, 11) is 0. The Morgan fingerprint density at radius 2 is 1.47 bits per heavy atom. The predicted molar refractivity (Wildman–Crippen MR) is 66.6 cm³/mol. The van der Waals surface area contributed by atoms with E-state index in [1.165, 1.54) is 27.8 Å². The molecule has 0 aromatic heterocycles. The molecular formula is C15H18. The minimum absolute atomic E-state index is 0.593. The first-order valence-electron chi connectivity index (χ1n) is 5.59. The molecule has 0 bridgehead atoms. The second-order valence-corrected chi connectivity index (χ2v) is 4.66. The summed E-state index contributed by atoms with van der Waals surface area (Å²) >= 11 is 0. The Morgan fingerprint density at radius 3 is 2.07 bits per heavy atom. The molecule has 0 saturated carbocycles. The van der Waals surface area contributed by atoms with Crippen molar-refractivity contribution in [3.05, 3.63) is 47.0 Å². The van der Waals surface area contributed by atoms with Crippen molar-refractivity contribution in [1.29, 1.82) is 0 Å². The molecule has 0 spiro atoms. The van der Waals surface area contributed by atoms with Crippen molar-refractivity contribution in [2.24, 2.45) is 0 Å². The molecule has 0 saturated heterocycles. The van der Waals surface area contributed by atoms with E-state index in [1.807, 2.05) is 0 Å². The smallest absolute Gasteiger partial charge is 0.0125 e. The molecule has 0 radical (unpaired) electrons. The average molecular weight is 198 g/mol. The van der Waals surface area contributed by atoms with Crippen LogP contribution >= 0.6 is 0 Å². The molecule has 0 fully saturated rings. The highest BCUT2D eigenvalue weighted by Crippen LogP contribution is 2.31. The van der Waals surface area contributed by atoms with Crippen LogP contribution in [0.25, 0.3) is 11.1 Å². The van der Waals surface area contributed by atoms with Crippen LogP contribution in [0.2, 0.25) is 0 Å². The van der Waals surface area contributed by atoms with Crippen LogP contribution in [0.1, 0.15) is 36.5 Å². The number of fused-ring (bicyclic) bond motifs is 1. The lowest BCUT2D eigenvalue weighted by Gasteiger charge is -2.02. The van der Waals surface area contributed by atoms with Crippen molar-refractivity contribution in [3.63, 3.8) is 0 Å².